The summed E-state index contributed by atoms with van der Waals surface area (Å²) in [5.74, 6) is 0. The van der Waals surface area contributed by atoms with Gasteiger partial charge in [-0.3, -0.25) is 0 Å². The van der Waals surface area contributed by atoms with E-state index in [1.165, 1.54) is 11.1 Å². The van der Waals surface area contributed by atoms with E-state index < -0.39 is 0 Å². The third-order valence-corrected chi connectivity index (χ3v) is 2.21. The lowest BCUT2D eigenvalue weighted by Gasteiger charge is -2.03. The summed E-state index contributed by atoms with van der Waals surface area (Å²) in [6.45, 7) is 3.55. The molecule has 0 unspecified atom stereocenters. The van der Waals surface area contributed by atoms with Crippen LogP contribution in [0.4, 0.5) is 0 Å². The molecular weight excluding hydrogens is 163 g/mol. The summed E-state index contributed by atoms with van der Waals surface area (Å²) in [5, 5.41) is 0. The van der Waals surface area contributed by atoms with E-state index in [2.05, 4.69) is 31.2 Å². The van der Waals surface area contributed by atoms with Gasteiger partial charge < -0.3 is 9.31 Å². The van der Waals surface area contributed by atoms with Gasteiger partial charge in [-0.25, -0.2) is 0 Å². The molecule has 1 aromatic carbocycles. The Morgan fingerprint density at radius 1 is 1.15 bits per heavy atom. The molecule has 13 heavy (non-hydrogen) atoms. The van der Waals surface area contributed by atoms with Crippen molar-refractivity contribution in [3.63, 3.8) is 0 Å². The molecule has 0 saturated carbocycles. The first-order valence-corrected chi connectivity index (χ1v) is 4.63. The van der Waals surface area contributed by atoms with Gasteiger partial charge in [0.05, 0.1) is 13.2 Å². The zero-order valence-corrected chi connectivity index (χ0v) is 7.82. The number of hydrogen-bond acceptors (Lipinski definition) is 2. The second kappa shape index (κ2) is 3.94. The molecule has 1 aliphatic rings. The van der Waals surface area contributed by atoms with Crippen LogP contribution in [-0.2, 0) is 15.6 Å². The summed E-state index contributed by atoms with van der Waals surface area (Å²) in [4.78, 5) is 0. The van der Waals surface area contributed by atoms with Crippen LogP contribution in [0.1, 0.15) is 11.1 Å². The van der Waals surface area contributed by atoms with Crippen LogP contribution in [0.15, 0.2) is 24.3 Å². The van der Waals surface area contributed by atoms with Gasteiger partial charge in [0.2, 0.25) is 0 Å². The van der Waals surface area contributed by atoms with Crippen molar-refractivity contribution in [2.24, 2.45) is 0 Å². The van der Waals surface area contributed by atoms with Gasteiger partial charge in [-0.1, -0.05) is 29.8 Å². The second-order valence-corrected chi connectivity index (χ2v) is 3.36. The summed E-state index contributed by atoms with van der Waals surface area (Å²) >= 11 is 0. The minimum absolute atomic E-state index is 0.0253. The van der Waals surface area contributed by atoms with Gasteiger partial charge in [-0.2, -0.15) is 0 Å². The topological polar surface area (TPSA) is 18.5 Å². The van der Waals surface area contributed by atoms with Crippen LogP contribution in [0, 0.1) is 6.92 Å². The maximum absolute atomic E-state index is 5.36. The van der Waals surface area contributed by atoms with E-state index in [0.717, 1.165) is 19.5 Å². The molecule has 0 aromatic heterocycles. The van der Waals surface area contributed by atoms with Crippen molar-refractivity contribution in [2.45, 2.75) is 13.2 Å². The fourth-order valence-electron chi connectivity index (χ4n) is 1.44. The van der Waals surface area contributed by atoms with Crippen molar-refractivity contribution in [1.29, 1.82) is 0 Å². The van der Waals surface area contributed by atoms with Gasteiger partial charge in [0, 0.05) is 6.32 Å². The van der Waals surface area contributed by atoms with Crippen molar-refractivity contribution in [3.05, 3.63) is 35.4 Å². The summed E-state index contributed by atoms with van der Waals surface area (Å²) in [5.41, 5.74) is 2.56. The quantitative estimate of drug-likeness (QED) is 0.637. The number of hydrogen-bond donors (Lipinski definition) is 0. The highest BCUT2D eigenvalue weighted by atomic mass is 16.6. The molecule has 0 amide bonds. The molecular formula is C10H13BO2. The molecule has 3 heteroatoms. The van der Waals surface area contributed by atoms with E-state index in [1.807, 2.05) is 0 Å². The molecule has 2 nitrogen and oxygen atoms in total. The van der Waals surface area contributed by atoms with Crippen LogP contribution < -0.4 is 0 Å². The van der Waals surface area contributed by atoms with Gasteiger partial charge in [-0.15, -0.1) is 0 Å². The maximum atomic E-state index is 5.36. The molecule has 0 spiro atoms. The number of rotatable bonds is 2. The second-order valence-electron chi connectivity index (χ2n) is 3.36. The lowest BCUT2D eigenvalue weighted by Crippen LogP contribution is -2.17. The van der Waals surface area contributed by atoms with Crippen molar-refractivity contribution < 1.29 is 9.31 Å². The zero-order valence-electron chi connectivity index (χ0n) is 7.82. The summed E-state index contributed by atoms with van der Waals surface area (Å²) in [6, 6.07) is 8.48. The first-order chi connectivity index (χ1) is 6.34. The highest BCUT2D eigenvalue weighted by Gasteiger charge is 2.23. The van der Waals surface area contributed by atoms with Crippen molar-refractivity contribution >= 4 is 7.12 Å². The van der Waals surface area contributed by atoms with Crippen molar-refractivity contribution in [1.82, 2.24) is 0 Å². The van der Waals surface area contributed by atoms with Gasteiger partial charge in [0.15, 0.2) is 0 Å². The molecule has 0 radical (unpaired) electrons. The lowest BCUT2D eigenvalue weighted by molar-refractivity contribution is 0.365. The van der Waals surface area contributed by atoms with E-state index in [0.29, 0.717) is 0 Å². The number of aryl methyl sites for hydroxylation is 1. The van der Waals surface area contributed by atoms with Gasteiger partial charge in [0.25, 0.3) is 0 Å². The highest BCUT2D eigenvalue weighted by molar-refractivity contribution is 6.44. The Hall–Kier alpha value is -0.795. The van der Waals surface area contributed by atoms with E-state index >= 15 is 0 Å². The van der Waals surface area contributed by atoms with Crippen molar-refractivity contribution in [3.8, 4) is 0 Å². The Balaban J connectivity index is 1.97. The molecule has 0 aliphatic carbocycles. The Kier molecular flexibility index (Phi) is 2.66. The minimum atomic E-state index is -0.0253. The summed E-state index contributed by atoms with van der Waals surface area (Å²) in [7, 11) is -0.0253. The molecule has 1 saturated heterocycles. The Bertz CT molecular complexity index is 265. The fourth-order valence-corrected chi connectivity index (χ4v) is 1.44. The predicted octanol–water partition coefficient (Wildman–Crippen LogP) is 1.61. The fraction of sp³-hybridized carbons (Fsp3) is 0.400. The third kappa shape index (κ3) is 2.33. The van der Waals surface area contributed by atoms with Crippen LogP contribution in [0.25, 0.3) is 0 Å². The minimum Gasteiger partial charge on any atom is -0.409 e. The highest BCUT2D eigenvalue weighted by Crippen LogP contribution is 2.09. The molecule has 1 aromatic rings. The maximum Gasteiger partial charge on any atom is 0.461 e. The number of benzene rings is 1. The van der Waals surface area contributed by atoms with Gasteiger partial charge >= 0.3 is 7.12 Å². The first kappa shape index (κ1) is 8.79. The molecule has 1 heterocycles. The third-order valence-electron chi connectivity index (χ3n) is 2.21. The SMILES string of the molecule is Cc1ccc(CB2OCCO2)cc1. The van der Waals surface area contributed by atoms with E-state index in [4.69, 9.17) is 9.31 Å². The lowest BCUT2D eigenvalue weighted by atomic mass is 9.81. The van der Waals surface area contributed by atoms with Crippen molar-refractivity contribution in [2.75, 3.05) is 13.2 Å². The van der Waals surface area contributed by atoms with Crippen LogP contribution >= 0.6 is 0 Å². The largest absolute Gasteiger partial charge is 0.461 e. The first-order valence-electron chi connectivity index (χ1n) is 4.63. The smallest absolute Gasteiger partial charge is 0.409 e. The average Bonchev–Trinajstić information content (AvgIpc) is 2.62. The standard InChI is InChI=1S/C10H13BO2/c1-9-2-4-10(5-3-9)8-11-12-6-7-13-11/h2-5H,6-8H2,1H3. The van der Waals surface area contributed by atoms with E-state index in [1.54, 1.807) is 0 Å². The van der Waals surface area contributed by atoms with E-state index in [-0.39, 0.29) is 7.12 Å². The summed E-state index contributed by atoms with van der Waals surface area (Å²) < 4.78 is 10.7. The van der Waals surface area contributed by atoms with E-state index in [9.17, 15) is 0 Å². The molecule has 1 fully saturated rings. The van der Waals surface area contributed by atoms with Gasteiger partial charge in [-0.05, 0) is 12.5 Å². The van der Waals surface area contributed by atoms with Crippen LogP contribution in [0.3, 0.4) is 0 Å². The monoisotopic (exact) mass is 176 g/mol. The molecule has 0 N–H and O–H groups in total. The molecule has 2 rings (SSSR count). The molecule has 68 valence electrons. The summed E-state index contributed by atoms with van der Waals surface area (Å²) in [6.07, 6.45) is 0.861. The molecule has 0 atom stereocenters. The Labute approximate surface area is 79.0 Å². The molecule has 0 bridgehead atoms. The van der Waals surface area contributed by atoms with Crippen LogP contribution in [0.2, 0.25) is 0 Å². The predicted molar refractivity (Wildman–Crippen MR) is 52.5 cm³/mol. The normalized spacial score (nSPS) is 16.5. The average molecular weight is 176 g/mol. The van der Waals surface area contributed by atoms with Gasteiger partial charge in [0.1, 0.15) is 0 Å². The Morgan fingerprint density at radius 3 is 2.38 bits per heavy atom. The Morgan fingerprint density at radius 2 is 1.77 bits per heavy atom. The molecule has 1 aliphatic heterocycles. The van der Waals surface area contributed by atoms with Crippen LogP contribution in [0.5, 0.6) is 0 Å². The van der Waals surface area contributed by atoms with Crippen LogP contribution in [-0.4, -0.2) is 20.3 Å². The zero-order chi connectivity index (χ0) is 9.10.